The van der Waals surface area contributed by atoms with Crippen LogP contribution in [0, 0.1) is 17.8 Å². The molecule has 2 amide bonds. The molecule has 0 aromatic heterocycles. The van der Waals surface area contributed by atoms with Crippen LogP contribution in [0.25, 0.3) is 0 Å². The second kappa shape index (κ2) is 5.26. The average Bonchev–Trinajstić information content (AvgIpc) is 2.98. The zero-order chi connectivity index (χ0) is 14.3. The molecule has 3 unspecified atom stereocenters. The van der Waals surface area contributed by atoms with E-state index in [1.807, 2.05) is 11.8 Å². The van der Waals surface area contributed by atoms with Crippen molar-refractivity contribution in [3.05, 3.63) is 0 Å². The highest BCUT2D eigenvalue weighted by molar-refractivity contribution is 5.84. The van der Waals surface area contributed by atoms with Crippen molar-refractivity contribution in [1.29, 1.82) is 0 Å². The first kappa shape index (κ1) is 13.7. The van der Waals surface area contributed by atoms with Crippen LogP contribution in [0.5, 0.6) is 0 Å². The normalized spacial score (nSPS) is 32.2. The van der Waals surface area contributed by atoms with Crippen LogP contribution in [0.15, 0.2) is 0 Å². The van der Waals surface area contributed by atoms with Crippen LogP contribution in [0.3, 0.4) is 0 Å². The number of carbonyl (C=O) groups is 2. The number of fused-ring (bicyclic) bond motifs is 1. The fraction of sp³-hybridized carbons (Fsp3) is 0.867. The molecule has 3 rings (SSSR count). The molecule has 20 heavy (non-hydrogen) atoms. The quantitative estimate of drug-likeness (QED) is 0.857. The fourth-order valence-electron chi connectivity index (χ4n) is 3.95. The van der Waals surface area contributed by atoms with E-state index in [4.69, 9.17) is 0 Å². The van der Waals surface area contributed by atoms with E-state index in [2.05, 4.69) is 0 Å². The third kappa shape index (κ3) is 2.38. The summed E-state index contributed by atoms with van der Waals surface area (Å²) in [6.45, 7) is 4.09. The molecular weight excluding hydrogens is 256 g/mol. The number of carboxylic acids is 1. The fourth-order valence-corrected chi connectivity index (χ4v) is 3.95. The van der Waals surface area contributed by atoms with E-state index in [0.717, 1.165) is 25.8 Å². The Morgan fingerprint density at radius 3 is 2.60 bits per heavy atom. The van der Waals surface area contributed by atoms with Crippen LogP contribution >= 0.6 is 0 Å². The Bertz CT molecular complexity index is 408. The highest BCUT2D eigenvalue weighted by Gasteiger charge is 2.50. The standard InChI is InChI=1S/C15H24N2O3/c1-2-16(8-10-6-7-10)15(20)17-9-11-4-3-5-12(11)13(17)14(18)19/h10-13H,2-9H2,1H3,(H,18,19). The Labute approximate surface area is 119 Å². The van der Waals surface area contributed by atoms with Crippen LogP contribution in [0.4, 0.5) is 4.79 Å². The lowest BCUT2D eigenvalue weighted by Gasteiger charge is -2.31. The molecule has 1 aliphatic heterocycles. The van der Waals surface area contributed by atoms with Crippen LogP contribution in [0.1, 0.15) is 39.0 Å². The lowest BCUT2D eigenvalue weighted by molar-refractivity contribution is -0.142. The molecule has 1 N–H and O–H groups in total. The van der Waals surface area contributed by atoms with Gasteiger partial charge in [-0.3, -0.25) is 0 Å². The van der Waals surface area contributed by atoms with E-state index in [-0.39, 0.29) is 11.9 Å². The molecule has 5 heteroatoms. The zero-order valence-electron chi connectivity index (χ0n) is 12.1. The van der Waals surface area contributed by atoms with Crippen LogP contribution in [0.2, 0.25) is 0 Å². The summed E-state index contributed by atoms with van der Waals surface area (Å²) in [5, 5.41) is 9.52. The first-order valence-electron chi connectivity index (χ1n) is 7.90. The van der Waals surface area contributed by atoms with Gasteiger partial charge in [-0.2, -0.15) is 0 Å². The molecule has 112 valence electrons. The Kier molecular flexibility index (Phi) is 3.61. The second-order valence-electron chi connectivity index (χ2n) is 6.55. The first-order valence-corrected chi connectivity index (χ1v) is 7.90. The number of rotatable bonds is 4. The smallest absolute Gasteiger partial charge is 0.326 e. The summed E-state index contributed by atoms with van der Waals surface area (Å²) in [5.41, 5.74) is 0. The summed E-state index contributed by atoms with van der Waals surface area (Å²) < 4.78 is 0. The van der Waals surface area contributed by atoms with E-state index in [9.17, 15) is 14.7 Å². The number of carboxylic acid groups (broad SMARTS) is 1. The maximum atomic E-state index is 12.7. The third-order valence-electron chi connectivity index (χ3n) is 5.22. The van der Waals surface area contributed by atoms with Gasteiger partial charge in [0.05, 0.1) is 0 Å². The van der Waals surface area contributed by atoms with Crippen molar-refractivity contribution in [3.8, 4) is 0 Å². The third-order valence-corrected chi connectivity index (χ3v) is 5.22. The molecule has 1 saturated heterocycles. The lowest BCUT2D eigenvalue weighted by Crippen LogP contribution is -2.50. The summed E-state index contributed by atoms with van der Waals surface area (Å²) in [6.07, 6.45) is 5.56. The summed E-state index contributed by atoms with van der Waals surface area (Å²) in [4.78, 5) is 27.7. The molecule has 1 heterocycles. The summed E-state index contributed by atoms with van der Waals surface area (Å²) >= 11 is 0. The molecule has 3 fully saturated rings. The highest BCUT2D eigenvalue weighted by Crippen LogP contribution is 2.42. The van der Waals surface area contributed by atoms with Gasteiger partial charge >= 0.3 is 12.0 Å². The van der Waals surface area contributed by atoms with Gasteiger partial charge in [0.15, 0.2) is 0 Å². The van der Waals surface area contributed by atoms with E-state index >= 15 is 0 Å². The van der Waals surface area contributed by atoms with Gasteiger partial charge in [0.1, 0.15) is 6.04 Å². The van der Waals surface area contributed by atoms with E-state index in [0.29, 0.717) is 24.9 Å². The van der Waals surface area contributed by atoms with Gasteiger partial charge < -0.3 is 14.9 Å². The van der Waals surface area contributed by atoms with Crippen molar-refractivity contribution in [3.63, 3.8) is 0 Å². The molecule has 0 aromatic rings. The SMILES string of the molecule is CCN(CC1CC1)C(=O)N1CC2CCCC2C1C(=O)O. The minimum Gasteiger partial charge on any atom is -0.480 e. The number of hydrogen-bond acceptors (Lipinski definition) is 2. The predicted octanol–water partition coefficient (Wildman–Crippen LogP) is 2.02. The molecule has 2 aliphatic carbocycles. The maximum absolute atomic E-state index is 12.7. The predicted molar refractivity (Wildman–Crippen MR) is 74.3 cm³/mol. The number of carbonyl (C=O) groups excluding carboxylic acids is 1. The van der Waals surface area contributed by atoms with Gasteiger partial charge in [-0.15, -0.1) is 0 Å². The van der Waals surface area contributed by atoms with Crippen molar-refractivity contribution in [2.75, 3.05) is 19.6 Å². The summed E-state index contributed by atoms with van der Waals surface area (Å²) in [7, 11) is 0. The Morgan fingerprint density at radius 2 is 2.00 bits per heavy atom. The van der Waals surface area contributed by atoms with Crippen molar-refractivity contribution in [2.24, 2.45) is 17.8 Å². The largest absolute Gasteiger partial charge is 0.480 e. The van der Waals surface area contributed by atoms with Crippen molar-refractivity contribution in [2.45, 2.75) is 45.1 Å². The van der Waals surface area contributed by atoms with Gasteiger partial charge in [0, 0.05) is 19.6 Å². The van der Waals surface area contributed by atoms with Crippen LogP contribution in [-0.4, -0.2) is 52.6 Å². The monoisotopic (exact) mass is 280 g/mol. The van der Waals surface area contributed by atoms with Gasteiger partial charge in [-0.1, -0.05) is 6.42 Å². The Morgan fingerprint density at radius 1 is 1.25 bits per heavy atom. The molecule has 0 bridgehead atoms. The number of amides is 2. The van der Waals surface area contributed by atoms with Crippen LogP contribution < -0.4 is 0 Å². The van der Waals surface area contributed by atoms with Gasteiger partial charge in [0.25, 0.3) is 0 Å². The molecule has 3 atom stereocenters. The highest BCUT2D eigenvalue weighted by atomic mass is 16.4. The van der Waals surface area contributed by atoms with Gasteiger partial charge in [0.2, 0.25) is 0 Å². The van der Waals surface area contributed by atoms with Crippen molar-refractivity contribution in [1.82, 2.24) is 9.80 Å². The number of aliphatic carboxylic acids is 1. The number of hydrogen-bond donors (Lipinski definition) is 1. The molecule has 0 radical (unpaired) electrons. The first-order chi connectivity index (χ1) is 9.61. The maximum Gasteiger partial charge on any atom is 0.326 e. The number of nitrogens with zero attached hydrogens (tertiary/aromatic N) is 2. The molecule has 3 aliphatic rings. The number of urea groups is 1. The molecular formula is C15H24N2O3. The summed E-state index contributed by atoms with van der Waals surface area (Å²) in [5.74, 6) is 0.398. The Balaban J connectivity index is 1.73. The molecule has 0 spiro atoms. The average molecular weight is 280 g/mol. The minimum atomic E-state index is -0.824. The molecule has 2 saturated carbocycles. The van der Waals surface area contributed by atoms with E-state index in [1.54, 1.807) is 4.90 Å². The van der Waals surface area contributed by atoms with Crippen LogP contribution in [-0.2, 0) is 4.79 Å². The Hall–Kier alpha value is -1.26. The van der Waals surface area contributed by atoms with E-state index < -0.39 is 12.0 Å². The van der Waals surface area contributed by atoms with Gasteiger partial charge in [-0.25, -0.2) is 9.59 Å². The second-order valence-corrected chi connectivity index (χ2v) is 6.55. The van der Waals surface area contributed by atoms with Crippen molar-refractivity contribution >= 4 is 12.0 Å². The van der Waals surface area contributed by atoms with E-state index in [1.165, 1.54) is 12.8 Å². The summed E-state index contributed by atoms with van der Waals surface area (Å²) in [6, 6.07) is -0.649. The zero-order valence-corrected chi connectivity index (χ0v) is 12.1. The number of likely N-dealkylation sites (tertiary alicyclic amines) is 1. The molecule has 5 nitrogen and oxygen atoms in total. The molecule has 0 aromatic carbocycles. The minimum absolute atomic E-state index is 0.0544. The topological polar surface area (TPSA) is 60.9 Å². The van der Waals surface area contributed by atoms with Crippen molar-refractivity contribution < 1.29 is 14.7 Å². The lowest BCUT2D eigenvalue weighted by atomic mass is 9.94. The van der Waals surface area contributed by atoms with Gasteiger partial charge in [-0.05, 0) is 50.4 Å².